The summed E-state index contributed by atoms with van der Waals surface area (Å²) >= 11 is 0. The van der Waals surface area contributed by atoms with Gasteiger partial charge in [-0.15, -0.1) is 0 Å². The third-order valence-corrected chi connectivity index (χ3v) is 2.86. The molecule has 0 fully saturated rings. The average Bonchev–Trinajstić information content (AvgIpc) is 2.80. The minimum absolute atomic E-state index is 0.119. The molecule has 2 heterocycles. The highest BCUT2D eigenvalue weighted by Gasteiger charge is 2.13. The predicted octanol–water partition coefficient (Wildman–Crippen LogP) is -0.485. The monoisotopic (exact) mass is 293 g/mol. The van der Waals surface area contributed by atoms with Gasteiger partial charge in [0.15, 0.2) is 5.82 Å². The Kier molecular flexibility index (Phi) is 4.10. The van der Waals surface area contributed by atoms with Gasteiger partial charge in [-0.3, -0.25) is 19.0 Å². The van der Waals surface area contributed by atoms with Crippen LogP contribution in [0, 0.1) is 5.92 Å². The number of nitrogen functional groups attached to an aromatic ring is 1. The second kappa shape index (κ2) is 5.81. The van der Waals surface area contributed by atoms with Gasteiger partial charge < -0.3 is 11.1 Å². The van der Waals surface area contributed by atoms with Gasteiger partial charge in [0.05, 0.1) is 6.54 Å². The number of aromatic nitrogens is 5. The third-order valence-electron chi connectivity index (χ3n) is 2.86. The second-order valence-electron chi connectivity index (χ2n) is 5.21. The Balaban J connectivity index is 2.30. The Morgan fingerprint density at radius 1 is 1.43 bits per heavy atom. The van der Waals surface area contributed by atoms with E-state index in [0.29, 0.717) is 12.4 Å². The van der Waals surface area contributed by atoms with E-state index < -0.39 is 11.2 Å². The molecule has 0 aliphatic rings. The van der Waals surface area contributed by atoms with Crippen molar-refractivity contribution in [2.24, 2.45) is 13.0 Å². The molecule has 0 saturated heterocycles. The van der Waals surface area contributed by atoms with Crippen molar-refractivity contribution in [2.45, 2.75) is 26.9 Å². The van der Waals surface area contributed by atoms with Crippen LogP contribution in [-0.4, -0.2) is 24.3 Å². The predicted molar refractivity (Wildman–Crippen MR) is 78.9 cm³/mol. The van der Waals surface area contributed by atoms with Crippen LogP contribution < -0.4 is 22.3 Å². The van der Waals surface area contributed by atoms with Gasteiger partial charge in [0.1, 0.15) is 17.8 Å². The zero-order valence-corrected chi connectivity index (χ0v) is 12.3. The number of nitrogens with two attached hydrogens (primary N) is 1. The number of aryl methyl sites for hydroxylation is 1. The summed E-state index contributed by atoms with van der Waals surface area (Å²) < 4.78 is 2.91. The van der Waals surface area contributed by atoms with Crippen molar-refractivity contribution in [3.8, 4) is 0 Å². The molecule has 0 spiro atoms. The Bertz CT molecular complexity index is 741. The normalized spacial score (nSPS) is 11.0. The van der Waals surface area contributed by atoms with Crippen molar-refractivity contribution < 1.29 is 0 Å². The van der Waals surface area contributed by atoms with E-state index in [1.807, 2.05) is 13.8 Å². The molecule has 2 rings (SSSR count). The van der Waals surface area contributed by atoms with Crippen LogP contribution in [-0.2, 0) is 20.1 Å². The highest BCUT2D eigenvalue weighted by Crippen LogP contribution is 2.12. The summed E-state index contributed by atoms with van der Waals surface area (Å²) in [6.07, 6.45) is 1.56. The molecule has 0 aliphatic heterocycles. The molecule has 114 valence electrons. The minimum Gasteiger partial charge on any atom is -0.383 e. The lowest BCUT2D eigenvalue weighted by atomic mass is 10.2. The summed E-state index contributed by atoms with van der Waals surface area (Å²) in [5, 5.41) is 6.98. The lowest BCUT2D eigenvalue weighted by Gasteiger charge is -2.14. The largest absolute Gasteiger partial charge is 0.383 e. The van der Waals surface area contributed by atoms with Crippen LogP contribution in [0.1, 0.15) is 19.7 Å². The molecule has 0 unspecified atom stereocenters. The Hall–Kier alpha value is -2.58. The number of rotatable bonds is 5. The van der Waals surface area contributed by atoms with Gasteiger partial charge in [-0.2, -0.15) is 5.10 Å². The molecule has 0 aliphatic carbocycles. The van der Waals surface area contributed by atoms with Gasteiger partial charge >= 0.3 is 5.69 Å². The van der Waals surface area contributed by atoms with E-state index in [4.69, 9.17) is 5.73 Å². The molecular formula is C12H19N7O2. The molecular weight excluding hydrogens is 274 g/mol. The molecule has 0 bridgehead atoms. The van der Waals surface area contributed by atoms with Crippen LogP contribution in [0.25, 0.3) is 0 Å². The van der Waals surface area contributed by atoms with Crippen LogP contribution in [0.15, 0.2) is 15.9 Å². The molecule has 4 N–H and O–H groups in total. The minimum atomic E-state index is -0.548. The lowest BCUT2D eigenvalue weighted by molar-refractivity contribution is 0.508. The van der Waals surface area contributed by atoms with E-state index in [2.05, 4.69) is 20.4 Å². The van der Waals surface area contributed by atoms with Gasteiger partial charge in [-0.1, -0.05) is 13.8 Å². The molecule has 0 radical (unpaired) electrons. The Labute approximate surface area is 120 Å². The van der Waals surface area contributed by atoms with Crippen LogP contribution in [0.3, 0.4) is 0 Å². The van der Waals surface area contributed by atoms with E-state index in [-0.39, 0.29) is 24.0 Å². The molecule has 0 atom stereocenters. The van der Waals surface area contributed by atoms with Crippen molar-refractivity contribution >= 4 is 11.5 Å². The highest BCUT2D eigenvalue weighted by atomic mass is 16.2. The van der Waals surface area contributed by atoms with Crippen LogP contribution in [0.4, 0.5) is 11.5 Å². The Morgan fingerprint density at radius 3 is 2.71 bits per heavy atom. The number of hydrogen-bond donors (Lipinski definition) is 3. The van der Waals surface area contributed by atoms with Crippen LogP contribution >= 0.6 is 0 Å². The summed E-state index contributed by atoms with van der Waals surface area (Å²) in [6.45, 7) is 4.59. The SMILES string of the molecule is CC(C)Cn1c(N)c(NCc2ncn(C)n2)c(=O)[nH]c1=O. The number of anilines is 2. The van der Waals surface area contributed by atoms with E-state index >= 15 is 0 Å². The maximum Gasteiger partial charge on any atom is 0.330 e. The Morgan fingerprint density at radius 2 is 2.14 bits per heavy atom. The van der Waals surface area contributed by atoms with Gasteiger partial charge in [-0.05, 0) is 5.92 Å². The molecule has 0 saturated carbocycles. The van der Waals surface area contributed by atoms with Crippen molar-refractivity contribution in [1.29, 1.82) is 0 Å². The first-order valence-corrected chi connectivity index (χ1v) is 6.59. The zero-order chi connectivity index (χ0) is 15.6. The molecule has 2 aromatic rings. The average molecular weight is 293 g/mol. The first-order chi connectivity index (χ1) is 9.88. The van der Waals surface area contributed by atoms with E-state index in [9.17, 15) is 9.59 Å². The molecule has 9 nitrogen and oxygen atoms in total. The summed E-state index contributed by atoms with van der Waals surface area (Å²) in [4.78, 5) is 30.0. The van der Waals surface area contributed by atoms with E-state index in [1.54, 1.807) is 18.1 Å². The van der Waals surface area contributed by atoms with Crippen molar-refractivity contribution in [3.63, 3.8) is 0 Å². The van der Waals surface area contributed by atoms with Gasteiger partial charge in [0.2, 0.25) is 0 Å². The fourth-order valence-electron chi connectivity index (χ4n) is 1.94. The van der Waals surface area contributed by atoms with Crippen molar-refractivity contribution in [2.75, 3.05) is 11.1 Å². The summed E-state index contributed by atoms with van der Waals surface area (Å²) in [5.74, 6) is 0.868. The standard InChI is InChI=1S/C12H19N7O2/c1-7(2)5-19-10(13)9(11(20)16-12(19)21)14-4-8-15-6-18(3)17-8/h6-7,14H,4-5,13H2,1-3H3,(H,16,20,21). The maximum absolute atomic E-state index is 11.9. The highest BCUT2D eigenvalue weighted by molar-refractivity contribution is 5.60. The number of aromatic amines is 1. The summed E-state index contributed by atoms with van der Waals surface area (Å²) in [6, 6.07) is 0. The smallest absolute Gasteiger partial charge is 0.330 e. The van der Waals surface area contributed by atoms with Crippen molar-refractivity contribution in [1.82, 2.24) is 24.3 Å². The molecule has 0 aromatic carbocycles. The van der Waals surface area contributed by atoms with E-state index in [1.165, 1.54) is 4.57 Å². The van der Waals surface area contributed by atoms with Gasteiger partial charge in [0, 0.05) is 13.6 Å². The first-order valence-electron chi connectivity index (χ1n) is 6.59. The van der Waals surface area contributed by atoms with Crippen LogP contribution in [0.2, 0.25) is 0 Å². The molecule has 2 aromatic heterocycles. The van der Waals surface area contributed by atoms with Crippen LogP contribution in [0.5, 0.6) is 0 Å². The lowest BCUT2D eigenvalue weighted by Crippen LogP contribution is -2.35. The topological polar surface area (TPSA) is 124 Å². The number of nitrogens with zero attached hydrogens (tertiary/aromatic N) is 4. The molecule has 0 amide bonds. The van der Waals surface area contributed by atoms with E-state index in [0.717, 1.165) is 0 Å². The number of hydrogen-bond acceptors (Lipinski definition) is 6. The third kappa shape index (κ3) is 3.30. The van der Waals surface area contributed by atoms with Gasteiger partial charge in [-0.25, -0.2) is 9.78 Å². The fraction of sp³-hybridized carbons (Fsp3) is 0.500. The van der Waals surface area contributed by atoms with Gasteiger partial charge in [0.25, 0.3) is 5.56 Å². The number of H-pyrrole nitrogens is 1. The molecule has 9 heteroatoms. The zero-order valence-electron chi connectivity index (χ0n) is 12.3. The van der Waals surface area contributed by atoms with Crippen molar-refractivity contribution in [3.05, 3.63) is 33.0 Å². The molecule has 21 heavy (non-hydrogen) atoms. The second-order valence-corrected chi connectivity index (χ2v) is 5.21. The quantitative estimate of drug-likeness (QED) is 0.683. The number of nitrogens with one attached hydrogen (secondary N) is 2. The fourth-order valence-corrected chi connectivity index (χ4v) is 1.94. The maximum atomic E-state index is 11.9. The first kappa shape index (κ1) is 14.8. The summed E-state index contributed by atoms with van der Waals surface area (Å²) in [7, 11) is 1.75. The summed E-state index contributed by atoms with van der Waals surface area (Å²) in [5.41, 5.74) is 5.04.